The van der Waals surface area contributed by atoms with E-state index in [-0.39, 0.29) is 46.5 Å². The predicted molar refractivity (Wildman–Crippen MR) is 130 cm³/mol. The van der Waals surface area contributed by atoms with Crippen molar-refractivity contribution in [3.05, 3.63) is 81.6 Å². The van der Waals surface area contributed by atoms with E-state index in [0.29, 0.717) is 12.0 Å². The molecule has 8 nitrogen and oxygen atoms in total. The summed E-state index contributed by atoms with van der Waals surface area (Å²) in [7, 11) is 0. The molecule has 1 atom stereocenters. The summed E-state index contributed by atoms with van der Waals surface area (Å²) in [5, 5.41) is 12.7. The van der Waals surface area contributed by atoms with E-state index in [2.05, 4.69) is 30.8 Å². The first kappa shape index (κ1) is 25.3. The summed E-state index contributed by atoms with van der Waals surface area (Å²) in [5.74, 6) is -1.61. The number of nitrogens with zero attached hydrogens (tertiary/aromatic N) is 3. The lowest BCUT2D eigenvalue weighted by Crippen LogP contribution is -2.28. The van der Waals surface area contributed by atoms with Crippen molar-refractivity contribution in [3.63, 3.8) is 0 Å². The van der Waals surface area contributed by atoms with Gasteiger partial charge in [-0.3, -0.25) is 14.7 Å². The Kier molecular flexibility index (Phi) is 6.33. The minimum Gasteiger partial charge on any atom is -0.363 e. The Morgan fingerprint density at radius 3 is 2.68 bits per heavy atom. The molecule has 1 aliphatic carbocycles. The van der Waals surface area contributed by atoms with Crippen LogP contribution in [0.15, 0.2) is 36.7 Å². The molecule has 5 rings (SSSR count). The molecule has 38 heavy (non-hydrogen) atoms. The molecule has 0 bridgehead atoms. The number of benzene rings is 2. The van der Waals surface area contributed by atoms with Crippen LogP contribution in [-0.4, -0.2) is 31.9 Å². The summed E-state index contributed by atoms with van der Waals surface area (Å²) >= 11 is 0. The number of Topliss-reactive ketones (excluding diaryl/α,β-unsaturated/α-hetero) is 1. The average Bonchev–Trinajstić information content (AvgIpc) is 3.47. The monoisotopic (exact) mass is 526 g/mol. The fourth-order valence-corrected chi connectivity index (χ4v) is 4.85. The summed E-state index contributed by atoms with van der Waals surface area (Å²) < 4.78 is 52.6. The number of alkyl halides is 3. The minimum absolute atomic E-state index is 0.00922. The second-order valence-corrected chi connectivity index (χ2v) is 9.11. The highest BCUT2D eigenvalue weighted by Gasteiger charge is 2.34. The van der Waals surface area contributed by atoms with Gasteiger partial charge in [-0.05, 0) is 61.1 Å². The Hall–Kier alpha value is -4.35. The molecule has 0 fully saturated rings. The lowest BCUT2D eigenvalue weighted by atomic mass is 9.96. The first-order valence-corrected chi connectivity index (χ1v) is 11.8. The van der Waals surface area contributed by atoms with Gasteiger partial charge in [0.05, 0.1) is 11.6 Å². The molecule has 0 unspecified atom stereocenters. The van der Waals surface area contributed by atoms with Crippen LogP contribution in [0, 0.1) is 12.7 Å². The predicted octanol–water partition coefficient (Wildman–Crippen LogP) is 5.05. The van der Waals surface area contributed by atoms with Gasteiger partial charge in [0.1, 0.15) is 23.2 Å². The molecule has 196 valence electrons. The van der Waals surface area contributed by atoms with E-state index in [9.17, 15) is 27.2 Å². The summed E-state index contributed by atoms with van der Waals surface area (Å²) in [6.45, 7) is 3.34. The molecular formula is C26H22F4N6O2. The number of halogens is 4. The Morgan fingerprint density at radius 1 is 1.16 bits per heavy atom. The van der Waals surface area contributed by atoms with Crippen molar-refractivity contribution >= 4 is 28.5 Å². The maximum Gasteiger partial charge on any atom is 0.419 e. The molecule has 2 aromatic heterocycles. The first-order valence-electron chi connectivity index (χ1n) is 11.8. The molecule has 12 heteroatoms. The number of hydrogen-bond acceptors (Lipinski definition) is 6. The third-order valence-corrected chi connectivity index (χ3v) is 6.74. The molecule has 1 amide bonds. The van der Waals surface area contributed by atoms with E-state index in [1.807, 2.05) is 13.0 Å². The molecule has 3 N–H and O–H groups in total. The Bertz CT molecular complexity index is 1580. The third-order valence-electron chi connectivity index (χ3n) is 6.74. The van der Waals surface area contributed by atoms with E-state index in [4.69, 9.17) is 0 Å². The largest absolute Gasteiger partial charge is 0.419 e. The van der Waals surface area contributed by atoms with Crippen LogP contribution in [-0.2, 0) is 19.1 Å². The number of anilines is 1. The van der Waals surface area contributed by atoms with Crippen molar-refractivity contribution in [1.82, 2.24) is 25.5 Å². The smallest absolute Gasteiger partial charge is 0.363 e. The molecule has 2 aromatic carbocycles. The number of fused-ring (bicyclic) bond motifs is 2. The second kappa shape index (κ2) is 9.51. The van der Waals surface area contributed by atoms with Crippen LogP contribution in [0.1, 0.15) is 68.1 Å². The standard InChI is InChI=1S/C26H22F4N6O2/c1-12-15(13(2)37)4-5-17-16(12)6-8-20(17)34-25(38)23-21-22(32-11-33-23)24(36-35-21)31-10-14-3-7-19(27)18(9-14)26(28,29)30/h3-5,7,9,11,20H,6,8,10H2,1-2H3,(H,34,38)(H2,31,35,36)/t20-/m0/s1. The molecule has 0 aliphatic heterocycles. The number of rotatable bonds is 6. The zero-order valence-electron chi connectivity index (χ0n) is 20.3. The van der Waals surface area contributed by atoms with Gasteiger partial charge in [0.15, 0.2) is 17.3 Å². The number of amides is 1. The van der Waals surface area contributed by atoms with Crippen LogP contribution in [0.25, 0.3) is 11.0 Å². The Balaban J connectivity index is 1.35. The number of H-pyrrole nitrogens is 1. The number of aromatic amines is 1. The van der Waals surface area contributed by atoms with Crippen molar-refractivity contribution in [3.8, 4) is 0 Å². The lowest BCUT2D eigenvalue weighted by Gasteiger charge is -2.15. The van der Waals surface area contributed by atoms with Gasteiger partial charge in [-0.25, -0.2) is 14.4 Å². The molecule has 4 aromatic rings. The topological polar surface area (TPSA) is 113 Å². The number of ketones is 1. The van der Waals surface area contributed by atoms with Crippen molar-refractivity contribution in [2.75, 3.05) is 5.32 Å². The van der Waals surface area contributed by atoms with E-state index in [1.165, 1.54) is 19.3 Å². The van der Waals surface area contributed by atoms with Gasteiger partial charge in [-0.2, -0.15) is 18.3 Å². The van der Waals surface area contributed by atoms with Crippen LogP contribution in [0.5, 0.6) is 0 Å². The molecule has 2 heterocycles. The van der Waals surface area contributed by atoms with Crippen LogP contribution >= 0.6 is 0 Å². The van der Waals surface area contributed by atoms with E-state index in [0.717, 1.165) is 35.2 Å². The first-order chi connectivity index (χ1) is 18.0. The van der Waals surface area contributed by atoms with Crippen LogP contribution < -0.4 is 10.6 Å². The molecule has 0 saturated heterocycles. The van der Waals surface area contributed by atoms with E-state index >= 15 is 0 Å². The zero-order valence-corrected chi connectivity index (χ0v) is 20.3. The second-order valence-electron chi connectivity index (χ2n) is 9.11. The number of hydrogen-bond donors (Lipinski definition) is 3. The number of carbonyl (C=O) groups excluding carboxylic acids is 2. The summed E-state index contributed by atoms with van der Waals surface area (Å²) in [5.41, 5.74) is 3.01. The van der Waals surface area contributed by atoms with Gasteiger partial charge >= 0.3 is 6.18 Å². The maximum atomic E-state index is 13.6. The van der Waals surface area contributed by atoms with Gasteiger partial charge < -0.3 is 10.6 Å². The fourth-order valence-electron chi connectivity index (χ4n) is 4.85. The van der Waals surface area contributed by atoms with Gasteiger partial charge in [-0.1, -0.05) is 18.2 Å². The van der Waals surface area contributed by atoms with E-state index in [1.54, 1.807) is 6.07 Å². The summed E-state index contributed by atoms with van der Waals surface area (Å²) in [4.78, 5) is 33.3. The van der Waals surface area contributed by atoms with Gasteiger partial charge in [0, 0.05) is 12.1 Å². The van der Waals surface area contributed by atoms with Crippen molar-refractivity contribution < 1.29 is 27.2 Å². The molecule has 1 aliphatic rings. The Morgan fingerprint density at radius 2 is 1.95 bits per heavy atom. The Labute approximate surface area is 213 Å². The minimum atomic E-state index is -4.82. The van der Waals surface area contributed by atoms with E-state index < -0.39 is 23.5 Å². The summed E-state index contributed by atoms with van der Waals surface area (Å²) in [6.07, 6.45) is -2.22. The average molecular weight is 526 g/mol. The lowest BCUT2D eigenvalue weighted by molar-refractivity contribution is -0.140. The quantitative estimate of drug-likeness (QED) is 0.239. The van der Waals surface area contributed by atoms with Crippen molar-refractivity contribution in [1.29, 1.82) is 0 Å². The van der Waals surface area contributed by atoms with Crippen molar-refractivity contribution in [2.24, 2.45) is 0 Å². The zero-order chi connectivity index (χ0) is 27.2. The highest BCUT2D eigenvalue weighted by molar-refractivity contribution is 6.05. The van der Waals surface area contributed by atoms with Crippen molar-refractivity contribution in [2.45, 2.75) is 45.5 Å². The molecular weight excluding hydrogens is 504 g/mol. The summed E-state index contributed by atoms with van der Waals surface area (Å²) in [6, 6.07) is 6.10. The van der Waals surface area contributed by atoms with Gasteiger partial charge in [-0.15, -0.1) is 0 Å². The molecule has 0 spiro atoms. The normalized spacial score (nSPS) is 14.9. The highest BCUT2D eigenvalue weighted by atomic mass is 19.4. The number of carbonyl (C=O) groups is 2. The van der Waals surface area contributed by atoms with Gasteiger partial charge in [0.2, 0.25) is 0 Å². The fraction of sp³-hybridized carbons (Fsp3) is 0.269. The van der Waals surface area contributed by atoms with Crippen LogP contribution in [0.4, 0.5) is 23.4 Å². The maximum absolute atomic E-state index is 13.6. The number of nitrogens with one attached hydrogen (secondary N) is 3. The van der Waals surface area contributed by atoms with Crippen LogP contribution in [0.3, 0.4) is 0 Å². The molecule has 0 radical (unpaired) electrons. The highest BCUT2D eigenvalue weighted by Crippen LogP contribution is 2.35. The van der Waals surface area contributed by atoms with Crippen LogP contribution in [0.2, 0.25) is 0 Å². The SMILES string of the molecule is CC(=O)c1ccc2c(c1C)CC[C@@H]2NC(=O)c1ncnc2c(NCc3ccc(F)c(C(F)(F)F)c3)n[nH]c12. The number of aromatic nitrogens is 4. The third kappa shape index (κ3) is 4.57. The molecule has 0 saturated carbocycles. The van der Waals surface area contributed by atoms with Gasteiger partial charge in [0.25, 0.3) is 5.91 Å².